The van der Waals surface area contributed by atoms with Gasteiger partial charge in [0.25, 0.3) is 0 Å². The van der Waals surface area contributed by atoms with Gasteiger partial charge in [-0.15, -0.1) is 0 Å². The largest absolute Gasteiger partial charge is 0.377 e. The van der Waals surface area contributed by atoms with Crippen LogP contribution in [-0.4, -0.2) is 23.1 Å². The summed E-state index contributed by atoms with van der Waals surface area (Å²) in [4.78, 5) is 11.4. The Hall–Kier alpha value is -2.57. The second kappa shape index (κ2) is 7.60. The molecule has 0 fully saturated rings. The first-order chi connectivity index (χ1) is 14.3. The first kappa shape index (κ1) is 20.7. The highest BCUT2D eigenvalue weighted by Gasteiger charge is 2.35. The quantitative estimate of drug-likeness (QED) is 0.665. The van der Waals surface area contributed by atoms with Crippen molar-refractivity contribution < 1.29 is 19.7 Å². The smallest absolute Gasteiger partial charge is 0.178 e. The number of benzene rings is 2. The number of aliphatic hydroxyl groups is 2. The summed E-state index contributed by atoms with van der Waals surface area (Å²) < 4.78 is 6.75. The third-order valence-corrected chi connectivity index (χ3v) is 6.15. The molecule has 0 aliphatic heterocycles. The minimum Gasteiger partial charge on any atom is -0.377 e. The van der Waals surface area contributed by atoms with Gasteiger partial charge in [-0.25, -0.2) is 0 Å². The third kappa shape index (κ3) is 3.66. The Balaban J connectivity index is 1.63. The van der Waals surface area contributed by atoms with Crippen LogP contribution in [0, 0.1) is 0 Å². The molecule has 2 N–H and O–H groups in total. The second-order valence-corrected chi connectivity index (χ2v) is 8.38. The number of allylic oxidation sites excluding steroid dienone is 2. The fraction of sp³-hybridized carbons (Fsp3) is 0.160. The molecular weight excluding hydrogens is 444 g/mol. The van der Waals surface area contributed by atoms with E-state index < -0.39 is 16.8 Å². The molecule has 0 aromatic heterocycles. The number of ketones is 1. The van der Waals surface area contributed by atoms with Crippen molar-refractivity contribution in [3.05, 3.63) is 118 Å². The van der Waals surface area contributed by atoms with E-state index >= 15 is 0 Å². The molecule has 0 bridgehead atoms. The molecule has 2 aromatic carbocycles. The van der Waals surface area contributed by atoms with Gasteiger partial charge in [-0.2, -0.15) is 0 Å². The maximum Gasteiger partial charge on any atom is 0.178 e. The number of hydrogen-bond donors (Lipinski definition) is 2. The predicted molar refractivity (Wildman–Crippen MR) is 119 cm³/mol. The first-order valence-electron chi connectivity index (χ1n) is 9.49. The van der Waals surface area contributed by atoms with Crippen molar-refractivity contribution in [3.63, 3.8) is 0 Å². The van der Waals surface area contributed by atoms with Crippen molar-refractivity contribution in [1.29, 1.82) is 0 Å². The number of ether oxygens (including phenoxy) is 1. The molecule has 152 valence electrons. The Kier molecular flexibility index (Phi) is 5.24. The molecule has 0 saturated heterocycles. The Morgan fingerprint density at radius 2 is 1.13 bits per heavy atom. The highest BCUT2D eigenvalue weighted by Crippen LogP contribution is 2.39. The van der Waals surface area contributed by atoms with Crippen LogP contribution in [0.2, 0.25) is 0 Å². The van der Waals surface area contributed by atoms with Gasteiger partial charge in [0, 0.05) is 11.6 Å². The first-order valence-corrected chi connectivity index (χ1v) is 10.3. The molecule has 2 aliphatic rings. The van der Waals surface area contributed by atoms with E-state index in [1.54, 1.807) is 31.4 Å². The van der Waals surface area contributed by atoms with E-state index in [0.717, 1.165) is 15.6 Å². The SMILES string of the molecule is COC1(c2ccc(C3(O)C=CC(=O)C=C3)cc2)C=CC(O)(c2ccc(Br)cc2)C=C1. The molecule has 0 radical (unpaired) electrons. The number of methoxy groups -OCH3 is 1. The summed E-state index contributed by atoms with van der Waals surface area (Å²) in [6, 6.07) is 14.8. The lowest BCUT2D eigenvalue weighted by molar-refractivity contribution is -0.110. The summed E-state index contributed by atoms with van der Waals surface area (Å²) in [5.74, 6) is -0.148. The number of carbonyl (C=O) groups is 1. The molecule has 0 heterocycles. The van der Waals surface area contributed by atoms with Crippen LogP contribution < -0.4 is 0 Å². The summed E-state index contributed by atoms with van der Waals surface area (Å²) >= 11 is 3.41. The van der Waals surface area contributed by atoms with Gasteiger partial charge >= 0.3 is 0 Å². The van der Waals surface area contributed by atoms with E-state index in [1.807, 2.05) is 48.6 Å². The van der Waals surface area contributed by atoms with Crippen LogP contribution >= 0.6 is 15.9 Å². The predicted octanol–water partition coefficient (Wildman–Crippen LogP) is 4.19. The van der Waals surface area contributed by atoms with E-state index in [1.165, 1.54) is 24.3 Å². The van der Waals surface area contributed by atoms with Gasteiger partial charge in [-0.05, 0) is 77.4 Å². The van der Waals surface area contributed by atoms with Gasteiger partial charge in [0.1, 0.15) is 16.8 Å². The molecule has 0 unspecified atom stereocenters. The highest BCUT2D eigenvalue weighted by molar-refractivity contribution is 9.10. The normalized spacial score (nSPS) is 26.9. The Labute approximate surface area is 183 Å². The van der Waals surface area contributed by atoms with Crippen molar-refractivity contribution in [3.8, 4) is 0 Å². The molecule has 0 atom stereocenters. The molecule has 5 heteroatoms. The molecular formula is C25H21BrO4. The van der Waals surface area contributed by atoms with Crippen LogP contribution in [0.15, 0.2) is 102 Å². The van der Waals surface area contributed by atoms with E-state index in [9.17, 15) is 15.0 Å². The van der Waals surface area contributed by atoms with Crippen LogP contribution in [0.4, 0.5) is 0 Å². The zero-order valence-electron chi connectivity index (χ0n) is 16.3. The second-order valence-electron chi connectivity index (χ2n) is 7.47. The third-order valence-electron chi connectivity index (χ3n) is 5.62. The standard InChI is InChI=1S/C25H21BrO4/c1-30-25(16-14-24(29,15-17-25)19-6-8-21(26)9-7-19)20-4-2-18(3-5-20)23(28)12-10-22(27)11-13-23/h2-17,28-29H,1H3. The van der Waals surface area contributed by atoms with Crippen molar-refractivity contribution in [2.24, 2.45) is 0 Å². The topological polar surface area (TPSA) is 66.8 Å². The zero-order valence-corrected chi connectivity index (χ0v) is 17.9. The van der Waals surface area contributed by atoms with Crippen LogP contribution in [0.3, 0.4) is 0 Å². The summed E-state index contributed by atoms with van der Waals surface area (Å²) in [6.07, 6.45) is 12.8. The minimum atomic E-state index is -1.31. The van der Waals surface area contributed by atoms with Crippen molar-refractivity contribution in [2.45, 2.75) is 16.8 Å². The molecule has 2 aromatic rings. The van der Waals surface area contributed by atoms with Gasteiger partial charge in [0.15, 0.2) is 5.78 Å². The molecule has 0 saturated carbocycles. The van der Waals surface area contributed by atoms with Crippen molar-refractivity contribution in [2.75, 3.05) is 7.11 Å². The molecule has 2 aliphatic carbocycles. The average molecular weight is 465 g/mol. The Bertz CT molecular complexity index is 1050. The number of carbonyl (C=O) groups excluding carboxylic acids is 1. The minimum absolute atomic E-state index is 0.148. The van der Waals surface area contributed by atoms with E-state index in [4.69, 9.17) is 4.74 Å². The fourth-order valence-corrected chi connectivity index (χ4v) is 3.95. The lowest BCUT2D eigenvalue weighted by Gasteiger charge is -2.34. The highest BCUT2D eigenvalue weighted by atomic mass is 79.9. The molecule has 30 heavy (non-hydrogen) atoms. The van der Waals surface area contributed by atoms with Gasteiger partial charge in [0.2, 0.25) is 0 Å². The van der Waals surface area contributed by atoms with Crippen LogP contribution in [0.1, 0.15) is 16.7 Å². The number of hydrogen-bond acceptors (Lipinski definition) is 4. The van der Waals surface area contributed by atoms with E-state index in [0.29, 0.717) is 5.56 Å². The lowest BCUT2D eigenvalue weighted by Crippen LogP contribution is -2.32. The van der Waals surface area contributed by atoms with E-state index in [-0.39, 0.29) is 5.78 Å². The fourth-order valence-electron chi connectivity index (χ4n) is 3.69. The average Bonchev–Trinajstić information content (AvgIpc) is 2.77. The molecule has 4 rings (SSSR count). The van der Waals surface area contributed by atoms with Crippen molar-refractivity contribution in [1.82, 2.24) is 0 Å². The maximum atomic E-state index is 11.4. The summed E-state index contributed by atoms with van der Waals surface area (Å²) in [5.41, 5.74) is -1.12. The van der Waals surface area contributed by atoms with Crippen molar-refractivity contribution >= 4 is 21.7 Å². The van der Waals surface area contributed by atoms with Gasteiger partial charge in [-0.3, -0.25) is 4.79 Å². The molecule has 4 nitrogen and oxygen atoms in total. The number of halogens is 1. The maximum absolute atomic E-state index is 11.4. The Morgan fingerprint density at radius 3 is 1.63 bits per heavy atom. The molecule has 0 amide bonds. The zero-order chi connectivity index (χ0) is 21.4. The van der Waals surface area contributed by atoms with Crippen LogP contribution in [0.25, 0.3) is 0 Å². The van der Waals surface area contributed by atoms with E-state index in [2.05, 4.69) is 15.9 Å². The lowest BCUT2D eigenvalue weighted by atomic mass is 9.80. The number of rotatable bonds is 4. The Morgan fingerprint density at radius 1 is 0.700 bits per heavy atom. The monoisotopic (exact) mass is 464 g/mol. The van der Waals surface area contributed by atoms with Gasteiger partial charge < -0.3 is 14.9 Å². The van der Waals surface area contributed by atoms with Gasteiger partial charge in [0.05, 0.1) is 0 Å². The summed E-state index contributed by atoms with van der Waals surface area (Å²) in [5, 5.41) is 21.8. The molecule has 0 spiro atoms. The van der Waals surface area contributed by atoms with Gasteiger partial charge in [-0.1, -0.05) is 52.3 Å². The van der Waals surface area contributed by atoms with Crippen LogP contribution in [-0.2, 0) is 26.3 Å². The summed E-state index contributed by atoms with van der Waals surface area (Å²) in [7, 11) is 1.61. The summed E-state index contributed by atoms with van der Waals surface area (Å²) in [6.45, 7) is 0. The van der Waals surface area contributed by atoms with Crippen LogP contribution in [0.5, 0.6) is 0 Å².